The van der Waals surface area contributed by atoms with Crippen molar-refractivity contribution in [1.82, 2.24) is 14.9 Å². The number of halogens is 1. The molecule has 0 radical (unpaired) electrons. The van der Waals surface area contributed by atoms with Crippen LogP contribution in [-0.4, -0.2) is 39.8 Å². The van der Waals surface area contributed by atoms with Crippen LogP contribution in [0.2, 0.25) is 5.02 Å². The molecule has 7 nitrogen and oxygen atoms in total. The van der Waals surface area contributed by atoms with E-state index in [0.29, 0.717) is 32.8 Å². The molecule has 1 fully saturated rings. The normalized spacial score (nSPS) is 12.9. The van der Waals surface area contributed by atoms with Gasteiger partial charge in [0.05, 0.1) is 21.5 Å². The molecule has 0 spiro atoms. The molecule has 4 aromatic rings. The van der Waals surface area contributed by atoms with Crippen LogP contribution in [0.1, 0.15) is 21.7 Å². The van der Waals surface area contributed by atoms with Crippen molar-refractivity contribution in [3.8, 4) is 11.5 Å². The number of anilines is 1. The maximum atomic E-state index is 12.6. The van der Waals surface area contributed by atoms with Crippen LogP contribution in [0.25, 0.3) is 10.2 Å². The van der Waals surface area contributed by atoms with E-state index < -0.39 is 0 Å². The van der Waals surface area contributed by atoms with Crippen molar-refractivity contribution in [2.45, 2.75) is 12.8 Å². The van der Waals surface area contributed by atoms with Crippen molar-refractivity contribution in [2.24, 2.45) is 0 Å². The smallest absolute Gasteiger partial charge is 0.264 e. The predicted octanol–water partition coefficient (Wildman–Crippen LogP) is 5.16. The lowest BCUT2D eigenvalue weighted by Gasteiger charge is -2.30. The van der Waals surface area contributed by atoms with Crippen molar-refractivity contribution < 1.29 is 14.3 Å². The molecule has 1 aliphatic rings. The van der Waals surface area contributed by atoms with E-state index in [1.54, 1.807) is 54.9 Å². The number of hydrogen-bond acceptors (Lipinski definition) is 6. The van der Waals surface area contributed by atoms with Gasteiger partial charge in [0.2, 0.25) is 5.91 Å². The molecule has 33 heavy (non-hydrogen) atoms. The standard InChI is InChI=1S/C24H19ClN4O3S/c25-17-13-16(6-5-15(17)12-22(30)28-21-4-1-2-8-27-21)32-19-7-9-26-18-14-20(33-23(18)19)24(31)29-10-3-11-29/h1-2,4-9,13-14H,3,10-12H2,(H,27,28,30). The van der Waals surface area contributed by atoms with Crippen LogP contribution in [0.15, 0.2) is 60.9 Å². The van der Waals surface area contributed by atoms with Crippen LogP contribution in [0, 0.1) is 0 Å². The molecule has 9 heteroatoms. The van der Waals surface area contributed by atoms with E-state index in [-0.39, 0.29) is 18.2 Å². The number of hydrogen-bond donors (Lipinski definition) is 1. The highest BCUT2D eigenvalue weighted by molar-refractivity contribution is 7.21. The van der Waals surface area contributed by atoms with E-state index in [4.69, 9.17) is 16.3 Å². The minimum absolute atomic E-state index is 0.0339. The summed E-state index contributed by atoms with van der Waals surface area (Å²) in [5.74, 6) is 1.45. The summed E-state index contributed by atoms with van der Waals surface area (Å²) in [6, 6.07) is 14.1. The molecule has 1 saturated heterocycles. The van der Waals surface area contributed by atoms with E-state index >= 15 is 0 Å². The third kappa shape index (κ3) is 4.67. The molecule has 166 valence electrons. The highest BCUT2D eigenvalue weighted by Crippen LogP contribution is 2.36. The molecule has 5 rings (SSSR count). The van der Waals surface area contributed by atoms with Crippen LogP contribution in [-0.2, 0) is 11.2 Å². The fraction of sp³-hybridized carbons (Fsp3) is 0.167. The second kappa shape index (κ2) is 9.17. The zero-order chi connectivity index (χ0) is 22.8. The summed E-state index contributed by atoms with van der Waals surface area (Å²) in [5, 5.41) is 3.17. The van der Waals surface area contributed by atoms with Gasteiger partial charge in [-0.1, -0.05) is 23.7 Å². The second-order valence-electron chi connectivity index (χ2n) is 7.58. The lowest BCUT2D eigenvalue weighted by molar-refractivity contribution is -0.115. The third-order valence-electron chi connectivity index (χ3n) is 5.27. The highest BCUT2D eigenvalue weighted by atomic mass is 35.5. The molecule has 2 amide bonds. The van der Waals surface area contributed by atoms with Gasteiger partial charge in [0, 0.05) is 36.6 Å². The number of carbonyl (C=O) groups is 2. The SMILES string of the molecule is O=C(Cc1ccc(Oc2ccnc3cc(C(=O)N4CCC4)sc23)cc1Cl)Nc1ccccn1. The average Bonchev–Trinajstić information content (AvgIpc) is 3.21. The number of fused-ring (bicyclic) bond motifs is 1. The molecular formula is C24H19ClN4O3S. The Labute approximate surface area is 199 Å². The van der Waals surface area contributed by atoms with E-state index in [1.807, 2.05) is 11.0 Å². The fourth-order valence-corrected chi connectivity index (χ4v) is 4.71. The van der Waals surface area contributed by atoms with Gasteiger partial charge in [-0.05, 0) is 42.3 Å². The topological polar surface area (TPSA) is 84.4 Å². The number of thiophene rings is 1. The highest BCUT2D eigenvalue weighted by Gasteiger charge is 2.24. The second-order valence-corrected chi connectivity index (χ2v) is 9.03. The average molecular weight is 479 g/mol. The minimum atomic E-state index is -0.210. The molecule has 0 atom stereocenters. The Bertz CT molecular complexity index is 1340. The maximum absolute atomic E-state index is 12.6. The first-order valence-electron chi connectivity index (χ1n) is 10.4. The molecule has 1 aliphatic heterocycles. The number of benzene rings is 1. The quantitative estimate of drug-likeness (QED) is 0.413. The summed E-state index contributed by atoms with van der Waals surface area (Å²) < 4.78 is 6.87. The fourth-order valence-electron chi connectivity index (χ4n) is 3.43. The van der Waals surface area contributed by atoms with Crippen molar-refractivity contribution in [3.63, 3.8) is 0 Å². The number of nitrogens with one attached hydrogen (secondary N) is 1. The number of nitrogens with zero attached hydrogens (tertiary/aromatic N) is 3. The molecule has 0 bridgehead atoms. The molecule has 1 aromatic carbocycles. The predicted molar refractivity (Wildman–Crippen MR) is 128 cm³/mol. The summed E-state index contributed by atoms with van der Waals surface area (Å²) in [4.78, 5) is 35.8. The molecule has 1 N–H and O–H groups in total. The summed E-state index contributed by atoms with van der Waals surface area (Å²) in [6.45, 7) is 1.60. The summed E-state index contributed by atoms with van der Waals surface area (Å²) >= 11 is 7.80. The van der Waals surface area contributed by atoms with Crippen LogP contribution < -0.4 is 10.1 Å². The van der Waals surface area contributed by atoms with Gasteiger partial charge in [-0.25, -0.2) is 4.98 Å². The molecular weight excluding hydrogens is 460 g/mol. The number of amides is 2. The van der Waals surface area contributed by atoms with Gasteiger partial charge in [-0.2, -0.15) is 0 Å². The number of ether oxygens (including phenoxy) is 1. The van der Waals surface area contributed by atoms with E-state index in [9.17, 15) is 9.59 Å². The minimum Gasteiger partial charge on any atom is -0.456 e. The maximum Gasteiger partial charge on any atom is 0.264 e. The Balaban J connectivity index is 1.31. The van der Waals surface area contributed by atoms with E-state index in [0.717, 1.165) is 29.7 Å². The summed E-state index contributed by atoms with van der Waals surface area (Å²) in [7, 11) is 0. The largest absolute Gasteiger partial charge is 0.456 e. The number of likely N-dealkylation sites (tertiary alicyclic amines) is 1. The molecule has 0 saturated carbocycles. The van der Waals surface area contributed by atoms with Gasteiger partial charge >= 0.3 is 0 Å². The van der Waals surface area contributed by atoms with Gasteiger partial charge in [-0.3, -0.25) is 14.6 Å². The Hall–Kier alpha value is -3.49. The van der Waals surface area contributed by atoms with Gasteiger partial charge in [0.15, 0.2) is 0 Å². The lowest BCUT2D eigenvalue weighted by atomic mass is 10.1. The monoisotopic (exact) mass is 478 g/mol. The Morgan fingerprint density at radius 1 is 1.09 bits per heavy atom. The van der Waals surface area contributed by atoms with Crippen molar-refractivity contribution in [2.75, 3.05) is 18.4 Å². The Morgan fingerprint density at radius 2 is 1.97 bits per heavy atom. The first-order valence-corrected chi connectivity index (χ1v) is 11.6. The van der Waals surface area contributed by atoms with Crippen LogP contribution in [0.5, 0.6) is 11.5 Å². The summed E-state index contributed by atoms with van der Waals surface area (Å²) in [5.41, 5.74) is 1.39. The van der Waals surface area contributed by atoms with E-state index in [1.165, 1.54) is 11.3 Å². The number of carbonyl (C=O) groups excluding carboxylic acids is 2. The van der Waals surface area contributed by atoms with Gasteiger partial charge < -0.3 is 15.0 Å². The molecule has 0 aliphatic carbocycles. The number of rotatable bonds is 6. The zero-order valence-corrected chi connectivity index (χ0v) is 19.0. The number of pyridine rings is 2. The van der Waals surface area contributed by atoms with Crippen molar-refractivity contribution in [1.29, 1.82) is 0 Å². The van der Waals surface area contributed by atoms with Gasteiger partial charge in [0.25, 0.3) is 5.91 Å². The van der Waals surface area contributed by atoms with Crippen LogP contribution in [0.3, 0.4) is 0 Å². The third-order valence-corrected chi connectivity index (χ3v) is 6.74. The van der Waals surface area contributed by atoms with Crippen LogP contribution >= 0.6 is 22.9 Å². The van der Waals surface area contributed by atoms with Crippen LogP contribution in [0.4, 0.5) is 5.82 Å². The van der Waals surface area contributed by atoms with E-state index in [2.05, 4.69) is 15.3 Å². The molecule has 3 aromatic heterocycles. The molecule has 4 heterocycles. The van der Waals surface area contributed by atoms with Crippen molar-refractivity contribution in [3.05, 3.63) is 76.4 Å². The summed E-state index contributed by atoms with van der Waals surface area (Å²) in [6.07, 6.45) is 4.43. The lowest BCUT2D eigenvalue weighted by Crippen LogP contribution is -2.41. The first kappa shape index (κ1) is 21.4. The van der Waals surface area contributed by atoms with Gasteiger partial charge in [-0.15, -0.1) is 11.3 Å². The van der Waals surface area contributed by atoms with Gasteiger partial charge in [0.1, 0.15) is 17.3 Å². The van der Waals surface area contributed by atoms with Crippen molar-refractivity contribution >= 4 is 50.8 Å². The first-order chi connectivity index (χ1) is 16.1. The Kier molecular flexibility index (Phi) is 5.93. The number of aromatic nitrogens is 2. The Morgan fingerprint density at radius 3 is 2.70 bits per heavy atom. The molecule has 0 unspecified atom stereocenters. The zero-order valence-electron chi connectivity index (χ0n) is 17.5.